The van der Waals surface area contributed by atoms with E-state index in [2.05, 4.69) is 30.3 Å². The van der Waals surface area contributed by atoms with Crippen molar-refractivity contribution in [3.63, 3.8) is 0 Å². The summed E-state index contributed by atoms with van der Waals surface area (Å²) in [7, 11) is 0. The SMILES string of the molecule is N#Cc1cccc(C[C@H](N)C(=O)N2CCC(Cc3ccccc3)CC2)c1. The first-order valence-electron chi connectivity index (χ1n) is 9.23. The average Bonchev–Trinajstić information content (AvgIpc) is 2.69. The van der Waals surface area contributed by atoms with Gasteiger partial charge in [0.25, 0.3) is 0 Å². The van der Waals surface area contributed by atoms with Crippen LogP contribution in [-0.2, 0) is 17.6 Å². The summed E-state index contributed by atoms with van der Waals surface area (Å²) in [5, 5.41) is 8.98. The summed E-state index contributed by atoms with van der Waals surface area (Å²) in [5.41, 5.74) is 9.06. The molecule has 0 aromatic heterocycles. The third-order valence-electron chi connectivity index (χ3n) is 5.12. The van der Waals surface area contributed by atoms with E-state index >= 15 is 0 Å². The molecule has 1 fully saturated rings. The highest BCUT2D eigenvalue weighted by Gasteiger charge is 2.26. The highest BCUT2D eigenvalue weighted by Crippen LogP contribution is 2.22. The zero-order chi connectivity index (χ0) is 18.4. The minimum Gasteiger partial charge on any atom is -0.341 e. The fourth-order valence-electron chi connectivity index (χ4n) is 3.65. The Kier molecular flexibility index (Phi) is 6.04. The van der Waals surface area contributed by atoms with E-state index in [9.17, 15) is 4.79 Å². The molecule has 2 aromatic rings. The van der Waals surface area contributed by atoms with Crippen molar-refractivity contribution in [1.82, 2.24) is 4.90 Å². The molecule has 0 bridgehead atoms. The molecule has 4 heteroatoms. The van der Waals surface area contributed by atoms with Gasteiger partial charge in [-0.2, -0.15) is 5.26 Å². The van der Waals surface area contributed by atoms with Crippen molar-refractivity contribution in [2.45, 2.75) is 31.7 Å². The highest BCUT2D eigenvalue weighted by molar-refractivity contribution is 5.82. The normalized spacial score (nSPS) is 16.1. The maximum atomic E-state index is 12.7. The summed E-state index contributed by atoms with van der Waals surface area (Å²) in [6.45, 7) is 1.56. The number of hydrogen-bond donors (Lipinski definition) is 1. The van der Waals surface area contributed by atoms with Crippen LogP contribution in [0.5, 0.6) is 0 Å². The van der Waals surface area contributed by atoms with Crippen molar-refractivity contribution in [3.8, 4) is 6.07 Å². The number of benzene rings is 2. The van der Waals surface area contributed by atoms with E-state index in [0.29, 0.717) is 17.9 Å². The lowest BCUT2D eigenvalue weighted by Crippen LogP contribution is -2.48. The van der Waals surface area contributed by atoms with Gasteiger partial charge in [-0.05, 0) is 54.9 Å². The highest BCUT2D eigenvalue weighted by atomic mass is 16.2. The van der Waals surface area contributed by atoms with Gasteiger partial charge in [0.05, 0.1) is 17.7 Å². The molecule has 0 saturated carbocycles. The Hall–Kier alpha value is -2.64. The number of carbonyl (C=O) groups excluding carboxylic acids is 1. The molecule has 0 aliphatic carbocycles. The number of rotatable bonds is 5. The van der Waals surface area contributed by atoms with Crippen molar-refractivity contribution >= 4 is 5.91 Å². The third kappa shape index (κ3) is 4.71. The minimum absolute atomic E-state index is 0.0190. The number of piperidine rings is 1. The predicted molar refractivity (Wildman–Crippen MR) is 102 cm³/mol. The zero-order valence-electron chi connectivity index (χ0n) is 15.0. The first-order chi connectivity index (χ1) is 12.7. The molecule has 2 N–H and O–H groups in total. The summed E-state index contributed by atoms with van der Waals surface area (Å²) < 4.78 is 0. The molecule has 4 nitrogen and oxygen atoms in total. The first-order valence-corrected chi connectivity index (χ1v) is 9.23. The van der Waals surface area contributed by atoms with E-state index in [0.717, 1.165) is 37.9 Å². The van der Waals surface area contributed by atoms with Gasteiger partial charge in [0.15, 0.2) is 0 Å². The van der Waals surface area contributed by atoms with Gasteiger partial charge < -0.3 is 10.6 Å². The Bertz CT molecular complexity index is 773. The van der Waals surface area contributed by atoms with Crippen LogP contribution in [0.4, 0.5) is 0 Å². The van der Waals surface area contributed by atoms with Gasteiger partial charge in [-0.3, -0.25) is 4.79 Å². The van der Waals surface area contributed by atoms with Crippen LogP contribution in [0.3, 0.4) is 0 Å². The van der Waals surface area contributed by atoms with E-state index in [4.69, 9.17) is 11.0 Å². The molecule has 1 aliphatic rings. The van der Waals surface area contributed by atoms with Crippen LogP contribution in [0, 0.1) is 17.2 Å². The second-order valence-corrected chi connectivity index (χ2v) is 7.08. The first kappa shape index (κ1) is 18.2. The van der Waals surface area contributed by atoms with Crippen molar-refractivity contribution in [1.29, 1.82) is 5.26 Å². The number of nitrogens with zero attached hydrogens (tertiary/aromatic N) is 2. The molecule has 1 aliphatic heterocycles. The van der Waals surface area contributed by atoms with Gasteiger partial charge in [0, 0.05) is 13.1 Å². The van der Waals surface area contributed by atoms with E-state index < -0.39 is 6.04 Å². The monoisotopic (exact) mass is 347 g/mol. The van der Waals surface area contributed by atoms with E-state index in [1.165, 1.54) is 5.56 Å². The minimum atomic E-state index is -0.547. The van der Waals surface area contributed by atoms with E-state index in [1.54, 1.807) is 12.1 Å². The maximum Gasteiger partial charge on any atom is 0.239 e. The van der Waals surface area contributed by atoms with Crippen molar-refractivity contribution in [2.75, 3.05) is 13.1 Å². The summed E-state index contributed by atoms with van der Waals surface area (Å²) in [6, 6.07) is 19.4. The second-order valence-electron chi connectivity index (χ2n) is 7.08. The Balaban J connectivity index is 1.50. The van der Waals surface area contributed by atoms with Crippen LogP contribution in [0.15, 0.2) is 54.6 Å². The molecule has 0 unspecified atom stereocenters. The number of amides is 1. The molecule has 1 atom stereocenters. The Morgan fingerprint density at radius 3 is 2.50 bits per heavy atom. The summed E-state index contributed by atoms with van der Waals surface area (Å²) in [5.74, 6) is 0.649. The number of nitriles is 1. The molecule has 2 aromatic carbocycles. The van der Waals surface area contributed by atoms with Gasteiger partial charge >= 0.3 is 0 Å². The van der Waals surface area contributed by atoms with Crippen LogP contribution in [0.1, 0.15) is 29.5 Å². The smallest absolute Gasteiger partial charge is 0.239 e. The maximum absolute atomic E-state index is 12.7. The van der Waals surface area contributed by atoms with Crippen molar-refractivity contribution in [3.05, 3.63) is 71.3 Å². The van der Waals surface area contributed by atoms with E-state index in [-0.39, 0.29) is 5.91 Å². The Labute approximate surface area is 155 Å². The lowest BCUT2D eigenvalue weighted by atomic mass is 9.90. The van der Waals surface area contributed by atoms with Crippen molar-refractivity contribution < 1.29 is 4.79 Å². The summed E-state index contributed by atoms with van der Waals surface area (Å²) >= 11 is 0. The summed E-state index contributed by atoms with van der Waals surface area (Å²) in [6.07, 6.45) is 3.60. The van der Waals surface area contributed by atoms with E-state index in [1.807, 2.05) is 23.1 Å². The standard InChI is InChI=1S/C22H25N3O/c23-16-20-8-4-7-19(14-20)15-21(24)22(26)25-11-9-18(10-12-25)13-17-5-2-1-3-6-17/h1-8,14,18,21H,9-13,15,24H2/t21-/m0/s1. The quantitative estimate of drug-likeness (QED) is 0.904. The molecule has 26 heavy (non-hydrogen) atoms. The average molecular weight is 347 g/mol. The summed E-state index contributed by atoms with van der Waals surface area (Å²) in [4.78, 5) is 14.6. The second kappa shape index (κ2) is 8.64. The van der Waals surface area contributed by atoms with Gasteiger partial charge in [-0.1, -0.05) is 42.5 Å². The van der Waals surface area contributed by atoms with Gasteiger partial charge in [0.2, 0.25) is 5.91 Å². The molecule has 134 valence electrons. The Morgan fingerprint density at radius 2 is 1.81 bits per heavy atom. The molecule has 1 heterocycles. The predicted octanol–water partition coefficient (Wildman–Crippen LogP) is 2.91. The zero-order valence-corrected chi connectivity index (χ0v) is 15.0. The van der Waals surface area contributed by atoms with Crippen LogP contribution < -0.4 is 5.73 Å². The van der Waals surface area contributed by atoms with Gasteiger partial charge in [-0.15, -0.1) is 0 Å². The number of nitrogens with two attached hydrogens (primary N) is 1. The van der Waals surface area contributed by atoms with Crippen molar-refractivity contribution in [2.24, 2.45) is 11.7 Å². The molecule has 3 rings (SSSR count). The van der Waals surface area contributed by atoms with Gasteiger partial charge in [-0.25, -0.2) is 0 Å². The lowest BCUT2D eigenvalue weighted by molar-refractivity contribution is -0.133. The molecule has 0 spiro atoms. The topological polar surface area (TPSA) is 70.1 Å². The number of hydrogen-bond acceptors (Lipinski definition) is 3. The Morgan fingerprint density at radius 1 is 1.12 bits per heavy atom. The largest absolute Gasteiger partial charge is 0.341 e. The number of likely N-dealkylation sites (tertiary alicyclic amines) is 1. The van der Waals surface area contributed by atoms with Crippen LogP contribution >= 0.6 is 0 Å². The molecule has 1 amide bonds. The molecular formula is C22H25N3O. The van der Waals surface area contributed by atoms with Crippen LogP contribution in [0.2, 0.25) is 0 Å². The fourth-order valence-corrected chi connectivity index (χ4v) is 3.65. The number of carbonyl (C=O) groups is 1. The third-order valence-corrected chi connectivity index (χ3v) is 5.12. The van der Waals surface area contributed by atoms with Crippen LogP contribution in [-0.4, -0.2) is 29.9 Å². The van der Waals surface area contributed by atoms with Crippen LogP contribution in [0.25, 0.3) is 0 Å². The fraction of sp³-hybridized carbons (Fsp3) is 0.364. The molecular weight excluding hydrogens is 322 g/mol. The molecule has 0 radical (unpaired) electrons. The lowest BCUT2D eigenvalue weighted by Gasteiger charge is -2.33. The van der Waals surface area contributed by atoms with Gasteiger partial charge in [0.1, 0.15) is 0 Å². The molecule has 1 saturated heterocycles.